The lowest BCUT2D eigenvalue weighted by molar-refractivity contribution is -0.150. The van der Waals surface area contributed by atoms with Gasteiger partial charge in [0.05, 0.1) is 19.2 Å². The van der Waals surface area contributed by atoms with Crippen LogP contribution in [0.3, 0.4) is 0 Å². The number of hydrogen-bond donors (Lipinski definition) is 2. The zero-order valence-corrected chi connectivity index (χ0v) is 22.3. The van der Waals surface area contributed by atoms with Gasteiger partial charge >= 0.3 is 18.3 Å². The maximum Gasteiger partial charge on any atom is 0.410 e. The van der Waals surface area contributed by atoms with Gasteiger partial charge in [0.1, 0.15) is 17.6 Å². The number of oxazole rings is 1. The van der Waals surface area contributed by atoms with E-state index in [1.807, 2.05) is 5.32 Å². The van der Waals surface area contributed by atoms with Gasteiger partial charge in [-0.25, -0.2) is 32.1 Å². The number of nitrogens with one attached hydrogen (secondary N) is 1. The third kappa shape index (κ3) is 5.95. The molecule has 9 nitrogen and oxygen atoms in total. The van der Waals surface area contributed by atoms with Gasteiger partial charge in [-0.3, -0.25) is 4.90 Å². The van der Waals surface area contributed by atoms with Crippen LogP contribution in [-0.4, -0.2) is 82.4 Å². The van der Waals surface area contributed by atoms with Crippen LogP contribution in [0.25, 0.3) is 11.1 Å². The van der Waals surface area contributed by atoms with Crippen molar-refractivity contribution in [3.8, 4) is 0 Å². The maximum atomic E-state index is 14.0. The Morgan fingerprint density at radius 3 is 2.43 bits per heavy atom. The Hall–Kier alpha value is -3.30. The van der Waals surface area contributed by atoms with Crippen LogP contribution in [0.5, 0.6) is 0 Å². The fraction of sp³-hybridized carbons (Fsp3) is 0.654. The van der Waals surface area contributed by atoms with E-state index in [0.717, 1.165) is 9.80 Å². The van der Waals surface area contributed by atoms with Crippen LogP contribution in [0.15, 0.2) is 22.6 Å². The first-order valence-corrected chi connectivity index (χ1v) is 13.4. The van der Waals surface area contributed by atoms with Crippen molar-refractivity contribution in [2.45, 2.75) is 80.7 Å². The van der Waals surface area contributed by atoms with Gasteiger partial charge in [-0.1, -0.05) is 6.07 Å². The molecule has 3 amide bonds. The average Bonchev–Trinajstić information content (AvgIpc) is 3.47. The average molecular weight is 611 g/mol. The number of alkyl halides is 7. The summed E-state index contributed by atoms with van der Waals surface area (Å²) in [6.07, 6.45) is -8.82. The van der Waals surface area contributed by atoms with Gasteiger partial charge in [0.15, 0.2) is 5.58 Å². The van der Waals surface area contributed by atoms with E-state index in [0.29, 0.717) is 5.56 Å². The van der Waals surface area contributed by atoms with Crippen LogP contribution in [0.1, 0.15) is 62.1 Å². The molecule has 1 saturated heterocycles. The van der Waals surface area contributed by atoms with Crippen LogP contribution in [0, 0.1) is 5.92 Å². The van der Waals surface area contributed by atoms with Crippen molar-refractivity contribution in [1.82, 2.24) is 20.1 Å². The first-order chi connectivity index (χ1) is 19.6. The Morgan fingerprint density at radius 2 is 1.88 bits per heavy atom. The number of fused-ring (bicyclic) bond motifs is 1. The summed E-state index contributed by atoms with van der Waals surface area (Å²) in [5.74, 6) is -6.83. The Labute approximate surface area is 235 Å². The molecule has 1 aliphatic heterocycles. The summed E-state index contributed by atoms with van der Waals surface area (Å²) < 4.78 is 106. The molecule has 5 rings (SSSR count). The zero-order chi connectivity index (χ0) is 30.6. The predicted octanol–water partition coefficient (Wildman–Crippen LogP) is 6.12. The summed E-state index contributed by atoms with van der Waals surface area (Å²) in [5, 5.41) is 12.0. The summed E-state index contributed by atoms with van der Waals surface area (Å²) in [5.41, 5.74) is 0.662. The van der Waals surface area contributed by atoms with Crippen molar-refractivity contribution in [3.05, 3.63) is 29.7 Å². The van der Waals surface area contributed by atoms with E-state index in [2.05, 4.69) is 4.98 Å². The van der Waals surface area contributed by atoms with Crippen LogP contribution in [0.4, 0.5) is 40.3 Å². The van der Waals surface area contributed by atoms with Crippen molar-refractivity contribution in [1.29, 1.82) is 0 Å². The van der Waals surface area contributed by atoms with Crippen LogP contribution >= 0.6 is 0 Å². The molecule has 2 N–H and O–H groups in total. The molecule has 2 aliphatic carbocycles. The highest BCUT2D eigenvalue weighted by Crippen LogP contribution is 2.49. The number of hydrogen-bond acceptors (Lipinski definition) is 5. The summed E-state index contributed by atoms with van der Waals surface area (Å²) >= 11 is 0. The number of carboxylic acid groups (broad SMARTS) is 1. The predicted molar refractivity (Wildman–Crippen MR) is 131 cm³/mol. The molecule has 16 heteroatoms. The molecular weight excluding hydrogens is 581 g/mol. The van der Waals surface area contributed by atoms with Gasteiger partial charge in [-0.05, 0) is 36.5 Å². The van der Waals surface area contributed by atoms with E-state index in [4.69, 9.17) is 9.15 Å². The SMILES string of the molecule is COC[C@H](c1ccc2oc([C@H](C3CCC(F)(F)CC3)N(C(=O)O)C3CC(F)(F)C3)nc2c1)N1C[C@@H](C(F)(F)F)NC1=O. The molecule has 3 fully saturated rings. The Balaban J connectivity index is 1.49. The largest absolute Gasteiger partial charge is 0.465 e. The van der Waals surface area contributed by atoms with Gasteiger partial charge in [-0.2, -0.15) is 13.2 Å². The molecule has 3 atom stereocenters. The molecule has 2 saturated carbocycles. The molecule has 0 unspecified atom stereocenters. The third-order valence-corrected chi connectivity index (χ3v) is 8.29. The summed E-state index contributed by atoms with van der Waals surface area (Å²) in [7, 11) is 1.32. The summed E-state index contributed by atoms with van der Waals surface area (Å²) in [6.45, 7) is -0.817. The van der Waals surface area contributed by atoms with E-state index in [1.54, 1.807) is 0 Å². The standard InChI is InChI=1S/C26H29F7N4O5/c1-41-12-17(36-11-19(26(31,32)33)35-22(36)38)14-2-3-18-16(8-14)34-21(42-18)20(13-4-6-24(27,28)7-5-13)37(23(39)40)15-9-25(29,30)10-15/h2-3,8,13,15,17,19-20H,4-7,9-12H2,1H3,(H,35,38)(H,39,40)/t17-,19+,20+/m1/s1. The molecule has 2 heterocycles. The minimum absolute atomic E-state index is 0.0884. The summed E-state index contributed by atoms with van der Waals surface area (Å²) in [4.78, 5) is 31.0. The van der Waals surface area contributed by atoms with Crippen molar-refractivity contribution < 1.29 is 54.6 Å². The number of ether oxygens (including phenoxy) is 1. The van der Waals surface area contributed by atoms with Crippen LogP contribution in [-0.2, 0) is 4.74 Å². The topological polar surface area (TPSA) is 108 Å². The number of amides is 3. The monoisotopic (exact) mass is 610 g/mol. The molecule has 3 aliphatic rings. The van der Waals surface area contributed by atoms with E-state index in [9.17, 15) is 45.4 Å². The summed E-state index contributed by atoms with van der Waals surface area (Å²) in [6, 6.07) is -1.87. The van der Waals surface area contributed by atoms with E-state index in [1.165, 1.54) is 25.3 Å². The molecule has 2 aromatic rings. The molecule has 0 radical (unpaired) electrons. The lowest BCUT2D eigenvalue weighted by Crippen LogP contribution is -2.55. The maximum absolute atomic E-state index is 14.0. The number of carbonyl (C=O) groups excluding carboxylic acids is 1. The highest BCUT2D eigenvalue weighted by Gasteiger charge is 2.54. The van der Waals surface area contributed by atoms with Crippen LogP contribution in [0.2, 0.25) is 0 Å². The number of rotatable bonds is 8. The Bertz CT molecular complexity index is 1320. The fourth-order valence-corrected chi connectivity index (χ4v) is 6.09. The molecule has 1 aromatic carbocycles. The number of methoxy groups -OCH3 is 1. The zero-order valence-electron chi connectivity index (χ0n) is 22.3. The molecule has 1 aromatic heterocycles. The van der Waals surface area contributed by atoms with Gasteiger partial charge in [0.25, 0.3) is 5.92 Å². The van der Waals surface area contributed by atoms with Crippen molar-refractivity contribution >= 4 is 23.2 Å². The van der Waals surface area contributed by atoms with Gasteiger partial charge in [-0.15, -0.1) is 0 Å². The highest BCUT2D eigenvalue weighted by molar-refractivity contribution is 5.78. The number of halogens is 7. The fourth-order valence-electron chi connectivity index (χ4n) is 6.09. The van der Waals surface area contributed by atoms with Gasteiger partial charge < -0.3 is 24.5 Å². The quantitative estimate of drug-likeness (QED) is 0.349. The molecule has 232 valence electrons. The van der Waals surface area contributed by atoms with Crippen molar-refractivity contribution in [2.24, 2.45) is 5.92 Å². The highest BCUT2D eigenvalue weighted by atomic mass is 19.4. The lowest BCUT2D eigenvalue weighted by atomic mass is 9.79. The number of carbonyl (C=O) groups is 2. The van der Waals surface area contributed by atoms with E-state index < -0.39 is 92.5 Å². The normalized spacial score (nSPS) is 24.3. The first-order valence-electron chi connectivity index (χ1n) is 13.4. The second kappa shape index (κ2) is 10.8. The van der Waals surface area contributed by atoms with Crippen LogP contribution < -0.4 is 5.32 Å². The molecular formula is C26H29F7N4O5. The Kier molecular flexibility index (Phi) is 7.73. The number of nitrogens with zero attached hydrogens (tertiary/aromatic N) is 3. The smallest absolute Gasteiger partial charge is 0.410 e. The van der Waals surface area contributed by atoms with E-state index >= 15 is 0 Å². The first kappa shape index (κ1) is 30.2. The molecule has 0 bridgehead atoms. The van der Waals surface area contributed by atoms with Crippen molar-refractivity contribution in [2.75, 3.05) is 20.3 Å². The molecule has 42 heavy (non-hydrogen) atoms. The van der Waals surface area contributed by atoms with Crippen molar-refractivity contribution in [3.63, 3.8) is 0 Å². The second-order valence-electron chi connectivity index (χ2n) is 11.2. The number of urea groups is 1. The lowest BCUT2D eigenvalue weighted by Gasteiger charge is -2.46. The van der Waals surface area contributed by atoms with Gasteiger partial charge in [0, 0.05) is 38.8 Å². The minimum Gasteiger partial charge on any atom is -0.465 e. The number of aromatic nitrogens is 1. The molecule has 0 spiro atoms. The van der Waals surface area contributed by atoms with E-state index in [-0.39, 0.29) is 36.4 Å². The third-order valence-electron chi connectivity index (χ3n) is 8.29. The minimum atomic E-state index is -4.66. The number of benzene rings is 1. The van der Waals surface area contributed by atoms with Gasteiger partial charge in [0.2, 0.25) is 11.8 Å². The Morgan fingerprint density at radius 1 is 1.21 bits per heavy atom. The second-order valence-corrected chi connectivity index (χ2v) is 11.2.